The Balaban J connectivity index is 2.75. The maximum atomic E-state index is 11.5. The van der Waals surface area contributed by atoms with Crippen LogP contribution in [0.5, 0.6) is 0 Å². The molecule has 0 radical (unpaired) electrons. The monoisotopic (exact) mass is 205 g/mol. The molecule has 1 heterocycles. The van der Waals surface area contributed by atoms with E-state index in [9.17, 15) is 9.59 Å². The number of nitrogen functional groups attached to an aromatic ring is 1. The van der Waals surface area contributed by atoms with Gasteiger partial charge in [0.1, 0.15) is 0 Å². The molecule has 3 N–H and O–H groups in total. The molecule has 2 amide bonds. The molecule has 0 bridgehead atoms. The van der Waals surface area contributed by atoms with E-state index in [0.717, 1.165) is 0 Å². The summed E-state index contributed by atoms with van der Waals surface area (Å²) in [4.78, 5) is 24.8. The van der Waals surface area contributed by atoms with Gasteiger partial charge in [-0.2, -0.15) is 0 Å². The largest absolute Gasteiger partial charge is 0.398 e. The zero-order chi connectivity index (χ0) is 11.2. The van der Waals surface area contributed by atoms with E-state index in [1.54, 1.807) is 17.0 Å². The van der Waals surface area contributed by atoms with Gasteiger partial charge in [0.05, 0.1) is 11.1 Å². The molecule has 2 rings (SSSR count). The maximum absolute atomic E-state index is 11.5. The van der Waals surface area contributed by atoms with Crippen molar-refractivity contribution in [3.05, 3.63) is 23.3 Å². The van der Waals surface area contributed by atoms with Crippen LogP contribution < -0.4 is 16.0 Å². The Morgan fingerprint density at radius 3 is 2.33 bits per heavy atom. The van der Waals surface area contributed by atoms with Crippen LogP contribution in [0, 0.1) is 0 Å². The Kier molecular flexibility index (Phi) is 1.89. The Morgan fingerprint density at radius 1 is 1.13 bits per heavy atom. The van der Waals surface area contributed by atoms with Gasteiger partial charge in [0.15, 0.2) is 0 Å². The fourth-order valence-electron chi connectivity index (χ4n) is 1.68. The van der Waals surface area contributed by atoms with Gasteiger partial charge < -0.3 is 10.6 Å². The number of benzene rings is 1. The number of nitrogens with zero attached hydrogens (tertiary/aromatic N) is 1. The molecule has 0 saturated heterocycles. The van der Waals surface area contributed by atoms with Crippen molar-refractivity contribution in [3.8, 4) is 0 Å². The second-order valence-corrected chi connectivity index (χ2v) is 3.60. The summed E-state index contributed by atoms with van der Waals surface area (Å²) < 4.78 is 0. The van der Waals surface area contributed by atoms with E-state index in [1.165, 1.54) is 0 Å². The van der Waals surface area contributed by atoms with E-state index >= 15 is 0 Å². The first-order chi connectivity index (χ1) is 7.02. The van der Waals surface area contributed by atoms with E-state index in [2.05, 4.69) is 5.32 Å². The first-order valence-corrected chi connectivity index (χ1v) is 4.48. The average molecular weight is 205 g/mol. The highest BCUT2D eigenvalue weighted by Gasteiger charge is 2.32. The molecule has 0 aromatic heterocycles. The fourth-order valence-corrected chi connectivity index (χ4v) is 1.68. The molecule has 78 valence electrons. The minimum atomic E-state index is -0.420. The summed E-state index contributed by atoms with van der Waals surface area (Å²) in [6, 6.07) is 3.36. The van der Waals surface area contributed by atoms with Crippen molar-refractivity contribution < 1.29 is 9.59 Å². The van der Waals surface area contributed by atoms with Crippen LogP contribution in [0.1, 0.15) is 20.7 Å². The van der Waals surface area contributed by atoms with Gasteiger partial charge in [0.25, 0.3) is 11.8 Å². The number of hydrogen-bond donors (Lipinski definition) is 2. The summed E-state index contributed by atoms with van der Waals surface area (Å²) in [6.45, 7) is 0. The Labute approximate surface area is 86.9 Å². The van der Waals surface area contributed by atoms with Crippen LogP contribution in [0.25, 0.3) is 0 Å². The van der Waals surface area contributed by atoms with E-state index in [-0.39, 0.29) is 11.5 Å². The molecule has 1 aliphatic rings. The second-order valence-electron chi connectivity index (χ2n) is 3.60. The number of hydrogen-bond acceptors (Lipinski definition) is 4. The van der Waals surface area contributed by atoms with Gasteiger partial charge in [-0.1, -0.05) is 0 Å². The number of imide groups is 1. The molecule has 0 atom stereocenters. The average Bonchev–Trinajstić information content (AvgIpc) is 2.43. The number of carbonyl (C=O) groups excluding carboxylic acids is 2. The van der Waals surface area contributed by atoms with E-state index in [1.807, 2.05) is 14.1 Å². The molecule has 0 saturated carbocycles. The van der Waals surface area contributed by atoms with Gasteiger partial charge >= 0.3 is 0 Å². The summed E-state index contributed by atoms with van der Waals surface area (Å²) in [7, 11) is 3.61. The van der Waals surface area contributed by atoms with Crippen LogP contribution >= 0.6 is 0 Å². The molecule has 0 unspecified atom stereocenters. The third-order valence-corrected chi connectivity index (χ3v) is 2.38. The van der Waals surface area contributed by atoms with Crippen LogP contribution in [0.4, 0.5) is 11.4 Å². The molecule has 1 aliphatic heterocycles. The molecule has 1 aromatic carbocycles. The minimum Gasteiger partial charge on any atom is -0.398 e. The van der Waals surface area contributed by atoms with Crippen molar-refractivity contribution in [3.63, 3.8) is 0 Å². The first kappa shape index (κ1) is 9.51. The van der Waals surface area contributed by atoms with E-state index < -0.39 is 5.91 Å². The normalized spacial score (nSPS) is 13.7. The molecule has 1 aromatic rings. The third-order valence-electron chi connectivity index (χ3n) is 2.38. The summed E-state index contributed by atoms with van der Waals surface area (Å²) in [6.07, 6.45) is 0. The lowest BCUT2D eigenvalue weighted by Gasteiger charge is -2.15. The van der Waals surface area contributed by atoms with Crippen molar-refractivity contribution in [1.29, 1.82) is 0 Å². The van der Waals surface area contributed by atoms with Gasteiger partial charge in [-0.15, -0.1) is 0 Å². The lowest BCUT2D eigenvalue weighted by molar-refractivity contribution is 0.0880. The maximum Gasteiger partial charge on any atom is 0.261 e. The Morgan fingerprint density at radius 2 is 1.73 bits per heavy atom. The van der Waals surface area contributed by atoms with Crippen LogP contribution in [-0.2, 0) is 0 Å². The van der Waals surface area contributed by atoms with Gasteiger partial charge in [0, 0.05) is 25.5 Å². The zero-order valence-electron chi connectivity index (χ0n) is 8.50. The SMILES string of the molecule is CN(C)c1ccc(N)c2c1C(=O)NC2=O. The number of rotatable bonds is 1. The summed E-state index contributed by atoms with van der Waals surface area (Å²) in [5.41, 5.74) is 7.34. The van der Waals surface area contributed by atoms with Crippen molar-refractivity contribution >= 4 is 23.2 Å². The molecule has 0 spiro atoms. The van der Waals surface area contributed by atoms with Crippen LogP contribution in [0.2, 0.25) is 0 Å². The van der Waals surface area contributed by atoms with Crippen molar-refractivity contribution in [2.45, 2.75) is 0 Å². The standard InChI is InChI=1S/C10H11N3O2/c1-13(2)6-4-3-5(11)7-8(6)10(15)12-9(7)14/h3-4H,11H2,1-2H3,(H,12,14,15). The van der Waals surface area contributed by atoms with E-state index in [0.29, 0.717) is 16.9 Å². The van der Waals surface area contributed by atoms with E-state index in [4.69, 9.17) is 5.73 Å². The van der Waals surface area contributed by atoms with Gasteiger partial charge in [-0.25, -0.2) is 0 Å². The molecule has 0 aliphatic carbocycles. The molecular formula is C10H11N3O2. The lowest BCUT2D eigenvalue weighted by Crippen LogP contribution is -2.21. The fraction of sp³-hybridized carbons (Fsp3) is 0.200. The number of nitrogens with one attached hydrogen (secondary N) is 1. The van der Waals surface area contributed by atoms with Gasteiger partial charge in [-0.3, -0.25) is 14.9 Å². The lowest BCUT2D eigenvalue weighted by atomic mass is 10.0. The van der Waals surface area contributed by atoms with Crippen molar-refractivity contribution in [1.82, 2.24) is 5.32 Å². The Hall–Kier alpha value is -2.04. The second kappa shape index (κ2) is 2.98. The van der Waals surface area contributed by atoms with Crippen molar-refractivity contribution in [2.24, 2.45) is 0 Å². The summed E-state index contributed by atoms with van der Waals surface area (Å²) >= 11 is 0. The van der Waals surface area contributed by atoms with Gasteiger partial charge in [0.2, 0.25) is 0 Å². The Bertz CT molecular complexity index is 466. The topological polar surface area (TPSA) is 75.4 Å². The number of nitrogens with two attached hydrogens (primary N) is 1. The smallest absolute Gasteiger partial charge is 0.261 e. The highest BCUT2D eigenvalue weighted by molar-refractivity contribution is 6.26. The predicted octanol–water partition coefficient (Wildman–Crippen LogP) is 0.218. The molecule has 15 heavy (non-hydrogen) atoms. The van der Waals surface area contributed by atoms with Crippen LogP contribution in [0.3, 0.4) is 0 Å². The molecule has 0 fully saturated rings. The zero-order valence-corrected chi connectivity index (χ0v) is 8.50. The van der Waals surface area contributed by atoms with Crippen molar-refractivity contribution in [2.75, 3.05) is 24.7 Å². The molecular weight excluding hydrogens is 194 g/mol. The molecule has 5 nitrogen and oxygen atoms in total. The minimum absolute atomic E-state index is 0.284. The summed E-state index contributed by atoms with van der Waals surface area (Å²) in [5.74, 6) is -0.804. The van der Waals surface area contributed by atoms with Gasteiger partial charge in [-0.05, 0) is 12.1 Å². The van der Waals surface area contributed by atoms with Crippen LogP contribution in [0.15, 0.2) is 12.1 Å². The number of anilines is 2. The number of carbonyl (C=O) groups is 2. The number of amides is 2. The highest BCUT2D eigenvalue weighted by atomic mass is 16.2. The number of fused-ring (bicyclic) bond motifs is 1. The highest BCUT2D eigenvalue weighted by Crippen LogP contribution is 2.30. The first-order valence-electron chi connectivity index (χ1n) is 4.48. The molecule has 5 heteroatoms. The summed E-state index contributed by atoms with van der Waals surface area (Å²) in [5, 5.41) is 2.23. The van der Waals surface area contributed by atoms with Crippen LogP contribution in [-0.4, -0.2) is 25.9 Å². The third kappa shape index (κ3) is 1.24. The quantitative estimate of drug-likeness (QED) is 0.508. The predicted molar refractivity (Wildman–Crippen MR) is 57.0 cm³/mol.